The van der Waals surface area contributed by atoms with Crippen molar-refractivity contribution in [1.82, 2.24) is 0 Å². The molecule has 0 aliphatic heterocycles. The molecule has 0 bridgehead atoms. The molecule has 0 aliphatic carbocycles. The Balaban J connectivity index is 2.41. The molecule has 0 spiro atoms. The Bertz CT molecular complexity index is 677. The van der Waals surface area contributed by atoms with Crippen LogP contribution in [-0.2, 0) is 9.53 Å². The highest BCUT2D eigenvalue weighted by Crippen LogP contribution is 2.14. The van der Waals surface area contributed by atoms with E-state index in [0.717, 1.165) is 11.3 Å². The topological polar surface area (TPSA) is 64.7 Å². The summed E-state index contributed by atoms with van der Waals surface area (Å²) < 4.78 is 4.90. The van der Waals surface area contributed by atoms with Crippen LogP contribution in [0.4, 0.5) is 5.69 Å². The molecule has 0 atom stereocenters. The van der Waals surface area contributed by atoms with Crippen LogP contribution >= 0.6 is 0 Å². The maximum absolute atomic E-state index is 11.7. The first kappa shape index (κ1) is 15.5. The average Bonchev–Trinajstić information content (AvgIpc) is 2.56. The molecule has 0 saturated heterocycles. The van der Waals surface area contributed by atoms with Gasteiger partial charge in [0, 0.05) is 5.56 Å². The fraction of sp³-hybridized carbons (Fsp3) is 0.111. The normalized spacial score (nSPS) is 12.0. The van der Waals surface area contributed by atoms with Gasteiger partial charge in [0.2, 0.25) is 0 Å². The second-order valence-electron chi connectivity index (χ2n) is 4.52. The summed E-state index contributed by atoms with van der Waals surface area (Å²) in [6.45, 7) is 2.02. The Hall–Kier alpha value is -2.88. The van der Waals surface area contributed by atoms with Crippen molar-refractivity contribution in [3.05, 3.63) is 78.0 Å². The Morgan fingerprint density at radius 3 is 2.27 bits per heavy atom. The molecule has 112 valence electrons. The van der Waals surface area contributed by atoms with Crippen LogP contribution < -0.4 is 5.73 Å². The van der Waals surface area contributed by atoms with Crippen LogP contribution in [0, 0.1) is 0 Å². The summed E-state index contributed by atoms with van der Waals surface area (Å²) in [5.41, 5.74) is 8.10. The van der Waals surface area contributed by atoms with Crippen molar-refractivity contribution < 1.29 is 9.53 Å². The second kappa shape index (κ2) is 7.78. The molecule has 4 nitrogen and oxygen atoms in total. The van der Waals surface area contributed by atoms with Crippen molar-refractivity contribution in [2.24, 2.45) is 10.7 Å². The lowest BCUT2D eigenvalue weighted by Crippen LogP contribution is -2.16. The predicted octanol–water partition coefficient (Wildman–Crippen LogP) is 3.21. The van der Waals surface area contributed by atoms with Crippen molar-refractivity contribution in [2.75, 3.05) is 6.61 Å². The van der Waals surface area contributed by atoms with E-state index in [1.54, 1.807) is 13.0 Å². The van der Waals surface area contributed by atoms with E-state index in [4.69, 9.17) is 10.5 Å². The lowest BCUT2D eigenvalue weighted by atomic mass is 10.1. The van der Waals surface area contributed by atoms with Gasteiger partial charge in [-0.1, -0.05) is 48.5 Å². The lowest BCUT2D eigenvalue weighted by Gasteiger charge is -2.05. The maximum Gasteiger partial charge on any atom is 0.354 e. The van der Waals surface area contributed by atoms with Crippen molar-refractivity contribution in [3.63, 3.8) is 0 Å². The molecular weight excluding hydrogens is 276 g/mol. The van der Waals surface area contributed by atoms with Gasteiger partial charge in [0.25, 0.3) is 0 Å². The number of carbonyl (C=O) groups excluding carboxylic acids is 1. The molecule has 2 aromatic rings. The van der Waals surface area contributed by atoms with E-state index in [0.29, 0.717) is 5.71 Å². The number of para-hydroxylation sites is 1. The number of carbonyl (C=O) groups is 1. The van der Waals surface area contributed by atoms with Gasteiger partial charge in [-0.25, -0.2) is 9.79 Å². The van der Waals surface area contributed by atoms with Crippen LogP contribution in [-0.4, -0.2) is 18.3 Å². The van der Waals surface area contributed by atoms with Gasteiger partial charge in [-0.3, -0.25) is 0 Å². The van der Waals surface area contributed by atoms with Gasteiger partial charge in [0.15, 0.2) is 0 Å². The van der Waals surface area contributed by atoms with Crippen molar-refractivity contribution in [1.29, 1.82) is 0 Å². The summed E-state index contributed by atoms with van der Waals surface area (Å²) in [6, 6.07) is 19.1. The van der Waals surface area contributed by atoms with E-state index in [-0.39, 0.29) is 12.3 Å². The number of benzene rings is 2. The number of hydrogen-bond donors (Lipinski definition) is 1. The highest BCUT2D eigenvalue weighted by Gasteiger charge is 2.09. The van der Waals surface area contributed by atoms with Crippen LogP contribution in [0.3, 0.4) is 0 Å². The average molecular weight is 294 g/mol. The molecule has 2 aromatic carbocycles. The molecule has 0 radical (unpaired) electrons. The minimum Gasteiger partial charge on any atom is -0.461 e. The molecule has 0 aromatic heterocycles. The number of nitrogens with two attached hydrogens (primary N) is 1. The Labute approximate surface area is 129 Å². The number of ether oxygens (including phenoxy) is 1. The van der Waals surface area contributed by atoms with Crippen LogP contribution in [0.2, 0.25) is 0 Å². The summed E-state index contributed by atoms with van der Waals surface area (Å²) in [4.78, 5) is 16.3. The van der Waals surface area contributed by atoms with E-state index < -0.39 is 5.97 Å². The number of allylic oxidation sites excluding steroid dienone is 1. The largest absolute Gasteiger partial charge is 0.461 e. The van der Waals surface area contributed by atoms with Crippen LogP contribution in [0.1, 0.15) is 12.5 Å². The third kappa shape index (κ3) is 4.31. The number of aliphatic imine (C=N–C) groups is 1. The maximum atomic E-state index is 11.7. The molecule has 22 heavy (non-hydrogen) atoms. The van der Waals surface area contributed by atoms with E-state index >= 15 is 0 Å². The van der Waals surface area contributed by atoms with Gasteiger partial charge in [0.05, 0.1) is 18.0 Å². The third-order valence-electron chi connectivity index (χ3n) is 2.88. The Morgan fingerprint density at radius 2 is 1.68 bits per heavy atom. The van der Waals surface area contributed by atoms with E-state index in [1.165, 1.54) is 0 Å². The summed E-state index contributed by atoms with van der Waals surface area (Å²) in [6.07, 6.45) is 1.54. The fourth-order valence-corrected chi connectivity index (χ4v) is 1.85. The first-order valence-corrected chi connectivity index (χ1v) is 7.04. The minimum atomic E-state index is -0.542. The molecule has 0 saturated carbocycles. The minimum absolute atomic E-state index is 0.0281. The van der Waals surface area contributed by atoms with Gasteiger partial charge in [-0.2, -0.15) is 0 Å². The highest BCUT2D eigenvalue weighted by atomic mass is 16.5. The van der Waals surface area contributed by atoms with E-state index in [2.05, 4.69) is 4.99 Å². The van der Waals surface area contributed by atoms with Crippen LogP contribution in [0.25, 0.3) is 0 Å². The lowest BCUT2D eigenvalue weighted by molar-refractivity contribution is -0.138. The van der Waals surface area contributed by atoms with E-state index in [1.807, 2.05) is 60.7 Å². The summed E-state index contributed by atoms with van der Waals surface area (Å²) in [5, 5.41) is 0. The number of hydrogen-bond acceptors (Lipinski definition) is 4. The predicted molar refractivity (Wildman–Crippen MR) is 88.0 cm³/mol. The Kier molecular flexibility index (Phi) is 5.49. The zero-order chi connectivity index (χ0) is 15.8. The van der Waals surface area contributed by atoms with Crippen molar-refractivity contribution >= 4 is 17.4 Å². The summed E-state index contributed by atoms with van der Waals surface area (Å²) in [5.74, 6) is -0.542. The monoisotopic (exact) mass is 294 g/mol. The molecule has 0 heterocycles. The third-order valence-corrected chi connectivity index (χ3v) is 2.88. The Morgan fingerprint density at radius 1 is 1.09 bits per heavy atom. The second-order valence-corrected chi connectivity index (χ2v) is 4.52. The highest BCUT2D eigenvalue weighted by molar-refractivity contribution is 6.12. The van der Waals surface area contributed by atoms with Crippen molar-refractivity contribution in [2.45, 2.75) is 6.92 Å². The number of esters is 1. The van der Waals surface area contributed by atoms with Crippen molar-refractivity contribution in [3.8, 4) is 0 Å². The standard InChI is InChI=1S/C18H18N2O2/c1-2-22-18(21)16(19)13-17(14-9-5-3-6-10-14)20-15-11-7-4-8-12-15/h3-13H,2,19H2,1H3/b16-13-,20-17?. The smallest absolute Gasteiger partial charge is 0.354 e. The molecule has 2 rings (SSSR count). The quantitative estimate of drug-likeness (QED) is 0.523. The fourth-order valence-electron chi connectivity index (χ4n) is 1.85. The molecule has 0 aliphatic rings. The molecular formula is C18H18N2O2. The number of rotatable bonds is 5. The van der Waals surface area contributed by atoms with Gasteiger partial charge in [-0.15, -0.1) is 0 Å². The van der Waals surface area contributed by atoms with Gasteiger partial charge < -0.3 is 10.5 Å². The molecule has 2 N–H and O–H groups in total. The first-order chi connectivity index (χ1) is 10.7. The SMILES string of the molecule is CCOC(=O)/C(N)=C/C(=Nc1ccccc1)c1ccccc1. The van der Waals surface area contributed by atoms with Gasteiger partial charge in [0.1, 0.15) is 5.70 Å². The zero-order valence-corrected chi connectivity index (χ0v) is 12.4. The molecule has 4 heteroatoms. The van der Waals surface area contributed by atoms with Gasteiger partial charge in [-0.05, 0) is 25.1 Å². The van der Waals surface area contributed by atoms with Crippen LogP contribution in [0.5, 0.6) is 0 Å². The molecule has 0 fully saturated rings. The van der Waals surface area contributed by atoms with E-state index in [9.17, 15) is 4.79 Å². The molecule has 0 unspecified atom stereocenters. The number of nitrogens with zero attached hydrogens (tertiary/aromatic N) is 1. The summed E-state index contributed by atoms with van der Waals surface area (Å²) in [7, 11) is 0. The van der Waals surface area contributed by atoms with Gasteiger partial charge >= 0.3 is 5.97 Å². The summed E-state index contributed by atoms with van der Waals surface area (Å²) >= 11 is 0. The first-order valence-electron chi connectivity index (χ1n) is 7.04. The molecule has 0 amide bonds. The zero-order valence-electron chi connectivity index (χ0n) is 12.4. The van der Waals surface area contributed by atoms with Crippen LogP contribution in [0.15, 0.2) is 77.4 Å².